The molecule has 14 heavy (non-hydrogen) atoms. The molecule has 1 aliphatic rings. The van der Waals surface area contributed by atoms with Crippen molar-refractivity contribution >= 4 is 0 Å². The highest BCUT2D eigenvalue weighted by Gasteiger charge is 2.32. The lowest BCUT2D eigenvalue weighted by atomic mass is 9.82. The molecule has 0 spiro atoms. The highest BCUT2D eigenvalue weighted by atomic mass is 16.3. The smallest absolute Gasteiger partial charge is 0.106 e. The molecule has 0 amide bonds. The van der Waals surface area contributed by atoms with Crippen molar-refractivity contribution in [2.24, 2.45) is 0 Å². The second kappa shape index (κ2) is 3.75. The molecule has 0 aliphatic carbocycles. The van der Waals surface area contributed by atoms with E-state index in [-0.39, 0.29) is 12.1 Å². The van der Waals surface area contributed by atoms with Crippen LogP contribution >= 0.6 is 0 Å². The lowest BCUT2D eigenvalue weighted by Gasteiger charge is -2.37. The zero-order chi connectivity index (χ0) is 10.0. The fourth-order valence-corrected chi connectivity index (χ4v) is 2.15. The summed E-state index contributed by atoms with van der Waals surface area (Å²) in [4.78, 5) is 0. The number of nitrogens with one attached hydrogen (secondary N) is 1. The molecule has 1 aromatic rings. The molecule has 0 saturated carbocycles. The Balaban J connectivity index is 2.08. The molecule has 2 N–H and O–H groups in total. The fraction of sp³-hybridized carbons (Fsp3) is 0.636. The summed E-state index contributed by atoms with van der Waals surface area (Å²) in [5.41, 5.74) is -0.143. The van der Waals surface area contributed by atoms with Crippen LogP contribution in [0.2, 0.25) is 0 Å². The average Bonchev–Trinajstić information content (AvgIpc) is 2.71. The summed E-state index contributed by atoms with van der Waals surface area (Å²) in [6, 6.07) is 3.95. The van der Waals surface area contributed by atoms with Gasteiger partial charge in [-0.1, -0.05) is 0 Å². The monoisotopic (exact) mass is 195 g/mol. The zero-order valence-electron chi connectivity index (χ0n) is 8.49. The molecule has 2 heterocycles. The number of hydrogen-bond donors (Lipinski definition) is 2. The standard InChI is InChI=1S/C11H17NO2/c1-11(8-13)7-9(4-5-12-11)10-3-2-6-14-10/h2-3,6,9,12-13H,4-5,7-8H2,1H3. The van der Waals surface area contributed by atoms with Gasteiger partial charge in [0, 0.05) is 11.5 Å². The van der Waals surface area contributed by atoms with Crippen LogP contribution in [0.3, 0.4) is 0 Å². The molecule has 1 saturated heterocycles. The Labute approximate surface area is 84.1 Å². The third kappa shape index (κ3) is 1.83. The zero-order valence-corrected chi connectivity index (χ0v) is 8.49. The Morgan fingerprint density at radius 3 is 3.21 bits per heavy atom. The predicted molar refractivity (Wildman–Crippen MR) is 54.2 cm³/mol. The van der Waals surface area contributed by atoms with Crippen LogP contribution in [0.4, 0.5) is 0 Å². The largest absolute Gasteiger partial charge is 0.469 e. The van der Waals surface area contributed by atoms with E-state index in [1.807, 2.05) is 12.1 Å². The topological polar surface area (TPSA) is 45.4 Å². The van der Waals surface area contributed by atoms with Crippen molar-refractivity contribution < 1.29 is 9.52 Å². The van der Waals surface area contributed by atoms with E-state index in [1.165, 1.54) is 0 Å². The van der Waals surface area contributed by atoms with Crippen LogP contribution in [0.5, 0.6) is 0 Å². The third-order valence-electron chi connectivity index (χ3n) is 3.04. The molecule has 2 unspecified atom stereocenters. The van der Waals surface area contributed by atoms with Gasteiger partial charge in [0.25, 0.3) is 0 Å². The van der Waals surface area contributed by atoms with Crippen LogP contribution in [0.15, 0.2) is 22.8 Å². The van der Waals surface area contributed by atoms with Gasteiger partial charge in [0.05, 0.1) is 12.9 Å². The van der Waals surface area contributed by atoms with Crippen molar-refractivity contribution in [1.82, 2.24) is 5.32 Å². The Bertz CT molecular complexity index is 283. The summed E-state index contributed by atoms with van der Waals surface area (Å²) in [6.07, 6.45) is 3.74. The minimum absolute atomic E-state index is 0.143. The molecule has 2 atom stereocenters. The first kappa shape index (κ1) is 9.74. The van der Waals surface area contributed by atoms with Gasteiger partial charge >= 0.3 is 0 Å². The maximum absolute atomic E-state index is 9.27. The van der Waals surface area contributed by atoms with E-state index in [0.29, 0.717) is 5.92 Å². The van der Waals surface area contributed by atoms with Crippen molar-refractivity contribution in [3.05, 3.63) is 24.2 Å². The van der Waals surface area contributed by atoms with Gasteiger partial charge in [0.1, 0.15) is 5.76 Å². The molecule has 1 aliphatic heterocycles. The number of piperidine rings is 1. The summed E-state index contributed by atoms with van der Waals surface area (Å²) in [5.74, 6) is 1.49. The van der Waals surface area contributed by atoms with Crippen LogP contribution in [0.25, 0.3) is 0 Å². The van der Waals surface area contributed by atoms with Gasteiger partial charge < -0.3 is 14.8 Å². The lowest BCUT2D eigenvalue weighted by Crippen LogP contribution is -2.50. The average molecular weight is 195 g/mol. The molecule has 0 radical (unpaired) electrons. The molecule has 3 nitrogen and oxygen atoms in total. The first-order valence-corrected chi connectivity index (χ1v) is 5.13. The molecule has 78 valence electrons. The van der Waals surface area contributed by atoms with Crippen LogP contribution in [0.1, 0.15) is 31.4 Å². The van der Waals surface area contributed by atoms with Gasteiger partial charge in [-0.2, -0.15) is 0 Å². The summed E-state index contributed by atoms with van der Waals surface area (Å²) < 4.78 is 5.40. The minimum atomic E-state index is -0.143. The predicted octanol–water partition coefficient (Wildman–Crippen LogP) is 1.50. The van der Waals surface area contributed by atoms with Gasteiger partial charge in [-0.15, -0.1) is 0 Å². The van der Waals surface area contributed by atoms with E-state index in [1.54, 1.807) is 6.26 Å². The van der Waals surface area contributed by atoms with Crippen LogP contribution in [0, 0.1) is 0 Å². The second-order valence-electron chi connectivity index (χ2n) is 4.35. The fourth-order valence-electron chi connectivity index (χ4n) is 2.15. The Hall–Kier alpha value is -0.800. The Kier molecular flexibility index (Phi) is 2.61. The van der Waals surface area contributed by atoms with Gasteiger partial charge in [-0.25, -0.2) is 0 Å². The van der Waals surface area contributed by atoms with Gasteiger partial charge in [0.2, 0.25) is 0 Å². The van der Waals surface area contributed by atoms with E-state index < -0.39 is 0 Å². The number of aliphatic hydroxyl groups excluding tert-OH is 1. The molecule has 0 bridgehead atoms. The van der Waals surface area contributed by atoms with E-state index in [4.69, 9.17) is 4.42 Å². The molecule has 0 aromatic carbocycles. The molecular weight excluding hydrogens is 178 g/mol. The van der Waals surface area contributed by atoms with E-state index >= 15 is 0 Å². The normalized spacial score (nSPS) is 33.1. The number of aliphatic hydroxyl groups is 1. The maximum atomic E-state index is 9.27. The van der Waals surface area contributed by atoms with E-state index in [2.05, 4.69) is 12.2 Å². The summed E-state index contributed by atoms with van der Waals surface area (Å²) in [7, 11) is 0. The second-order valence-corrected chi connectivity index (χ2v) is 4.35. The molecule has 2 rings (SSSR count). The Morgan fingerprint density at radius 2 is 2.57 bits per heavy atom. The number of rotatable bonds is 2. The molecule has 3 heteroatoms. The van der Waals surface area contributed by atoms with Crippen molar-refractivity contribution in [3.63, 3.8) is 0 Å². The van der Waals surface area contributed by atoms with Crippen molar-refractivity contribution in [3.8, 4) is 0 Å². The minimum Gasteiger partial charge on any atom is -0.469 e. The highest BCUT2D eigenvalue weighted by Crippen LogP contribution is 2.32. The summed E-state index contributed by atoms with van der Waals surface area (Å²) in [5, 5.41) is 12.6. The van der Waals surface area contributed by atoms with E-state index in [0.717, 1.165) is 25.1 Å². The first-order chi connectivity index (χ1) is 6.73. The van der Waals surface area contributed by atoms with Crippen molar-refractivity contribution in [1.29, 1.82) is 0 Å². The summed E-state index contributed by atoms with van der Waals surface area (Å²) in [6.45, 7) is 3.19. The maximum Gasteiger partial charge on any atom is 0.106 e. The van der Waals surface area contributed by atoms with Crippen molar-refractivity contribution in [2.45, 2.75) is 31.2 Å². The Morgan fingerprint density at radius 1 is 1.71 bits per heavy atom. The number of furan rings is 1. The third-order valence-corrected chi connectivity index (χ3v) is 3.04. The molecule has 1 fully saturated rings. The van der Waals surface area contributed by atoms with Gasteiger partial charge in [0.15, 0.2) is 0 Å². The summed E-state index contributed by atoms with van der Waals surface area (Å²) >= 11 is 0. The lowest BCUT2D eigenvalue weighted by molar-refractivity contribution is 0.132. The quantitative estimate of drug-likeness (QED) is 0.751. The van der Waals surface area contributed by atoms with Gasteiger partial charge in [-0.05, 0) is 38.4 Å². The SMILES string of the molecule is CC1(CO)CC(c2ccco2)CCN1. The first-order valence-electron chi connectivity index (χ1n) is 5.13. The highest BCUT2D eigenvalue weighted by molar-refractivity contribution is 5.09. The van der Waals surface area contributed by atoms with Crippen molar-refractivity contribution in [2.75, 3.05) is 13.2 Å². The van der Waals surface area contributed by atoms with Crippen LogP contribution in [-0.2, 0) is 0 Å². The molecular formula is C11H17NO2. The van der Waals surface area contributed by atoms with Gasteiger partial charge in [-0.3, -0.25) is 0 Å². The number of hydrogen-bond acceptors (Lipinski definition) is 3. The molecule has 1 aromatic heterocycles. The van der Waals surface area contributed by atoms with E-state index in [9.17, 15) is 5.11 Å². The van der Waals surface area contributed by atoms with Crippen LogP contribution in [-0.4, -0.2) is 23.8 Å². The van der Waals surface area contributed by atoms with Crippen LogP contribution < -0.4 is 5.32 Å².